The lowest BCUT2D eigenvalue weighted by atomic mass is 9.86. The molecule has 5 aromatic rings. The number of aliphatic hydroxyl groups is 1. The Kier molecular flexibility index (Phi) is 6.06. The van der Waals surface area contributed by atoms with Crippen molar-refractivity contribution in [3.63, 3.8) is 0 Å². The number of rotatable bonds is 6. The summed E-state index contributed by atoms with van der Waals surface area (Å²) in [6.07, 6.45) is 7.28. The van der Waals surface area contributed by atoms with Gasteiger partial charge in [-0.3, -0.25) is 4.98 Å². The minimum absolute atomic E-state index is 0.0789. The maximum atomic E-state index is 16.9. The van der Waals surface area contributed by atoms with Crippen LogP contribution in [0.25, 0.3) is 33.2 Å². The van der Waals surface area contributed by atoms with E-state index in [1.54, 1.807) is 13.0 Å². The van der Waals surface area contributed by atoms with E-state index in [4.69, 9.17) is 9.72 Å². The number of nitrogens with zero attached hydrogens (tertiary/aromatic N) is 4. The van der Waals surface area contributed by atoms with Crippen molar-refractivity contribution in [1.82, 2.24) is 19.1 Å². The minimum atomic E-state index is -1.22. The van der Waals surface area contributed by atoms with Crippen LogP contribution >= 0.6 is 0 Å². The highest BCUT2D eigenvalue weighted by atomic mass is 19.1. The molecule has 2 aliphatic rings. The molecular weight excluding hydrogens is 503 g/mol. The van der Waals surface area contributed by atoms with Crippen LogP contribution in [-0.2, 0) is 17.4 Å². The summed E-state index contributed by atoms with van der Waals surface area (Å²) in [6.45, 7) is 5.13. The van der Waals surface area contributed by atoms with Crippen LogP contribution in [0.2, 0.25) is 0 Å². The van der Waals surface area contributed by atoms with E-state index in [0.717, 1.165) is 64.6 Å². The van der Waals surface area contributed by atoms with E-state index in [1.807, 2.05) is 43.2 Å². The normalized spacial score (nSPS) is 18.8. The fourth-order valence-corrected chi connectivity index (χ4v) is 6.90. The molecular formula is C33H35FN4O2. The molecule has 40 heavy (non-hydrogen) atoms. The van der Waals surface area contributed by atoms with Gasteiger partial charge >= 0.3 is 0 Å². The van der Waals surface area contributed by atoms with Gasteiger partial charge in [-0.25, -0.2) is 9.37 Å². The molecule has 1 saturated heterocycles. The highest BCUT2D eigenvalue weighted by molar-refractivity contribution is 6.07. The topological polar surface area (TPSA) is 65.1 Å². The Balaban J connectivity index is 1.57. The van der Waals surface area contributed by atoms with Crippen molar-refractivity contribution in [2.24, 2.45) is 18.9 Å². The van der Waals surface area contributed by atoms with Gasteiger partial charge in [0.25, 0.3) is 0 Å². The summed E-state index contributed by atoms with van der Waals surface area (Å²) in [4.78, 5) is 9.45. The first-order valence-corrected chi connectivity index (χ1v) is 14.3. The first-order valence-electron chi connectivity index (χ1n) is 14.3. The van der Waals surface area contributed by atoms with Gasteiger partial charge < -0.3 is 19.0 Å². The maximum absolute atomic E-state index is 16.9. The summed E-state index contributed by atoms with van der Waals surface area (Å²) in [5, 5.41) is 12.2. The average Bonchev–Trinajstić information content (AvgIpc) is 3.72. The van der Waals surface area contributed by atoms with E-state index in [-0.39, 0.29) is 23.7 Å². The monoisotopic (exact) mass is 538 g/mol. The molecule has 0 unspecified atom stereocenters. The average molecular weight is 539 g/mol. The van der Waals surface area contributed by atoms with Crippen LogP contribution in [0, 0.1) is 24.6 Å². The van der Waals surface area contributed by atoms with Gasteiger partial charge in [-0.15, -0.1) is 0 Å². The van der Waals surface area contributed by atoms with Gasteiger partial charge in [-0.05, 0) is 63.0 Å². The largest absolute Gasteiger partial charge is 0.385 e. The second-order valence-corrected chi connectivity index (χ2v) is 11.8. The Morgan fingerprint density at radius 1 is 1.05 bits per heavy atom. The number of halogens is 1. The number of hydrogen-bond acceptors (Lipinski definition) is 4. The molecule has 7 rings (SSSR count). The Hall–Kier alpha value is -3.55. The molecule has 7 heteroatoms. The zero-order chi connectivity index (χ0) is 27.6. The number of pyridine rings is 1. The lowest BCUT2D eigenvalue weighted by molar-refractivity contribution is 0.0297. The molecule has 0 bridgehead atoms. The summed E-state index contributed by atoms with van der Waals surface area (Å²) >= 11 is 0. The number of aromatic nitrogens is 4. The Morgan fingerprint density at radius 2 is 1.80 bits per heavy atom. The van der Waals surface area contributed by atoms with Crippen molar-refractivity contribution < 1.29 is 14.2 Å². The summed E-state index contributed by atoms with van der Waals surface area (Å²) in [5.74, 6) is -0.0158. The van der Waals surface area contributed by atoms with Gasteiger partial charge in [0.2, 0.25) is 0 Å². The highest BCUT2D eigenvalue weighted by Crippen LogP contribution is 2.48. The Labute approximate surface area is 233 Å². The molecule has 0 amide bonds. The molecule has 0 spiro atoms. The molecule has 1 N–H and O–H groups in total. The van der Waals surface area contributed by atoms with Gasteiger partial charge in [0.05, 0.1) is 45.9 Å². The van der Waals surface area contributed by atoms with E-state index < -0.39 is 5.60 Å². The number of hydrogen-bond donors (Lipinski definition) is 1. The number of aryl methyl sites for hydroxylation is 2. The Morgan fingerprint density at radius 3 is 2.48 bits per heavy atom. The molecule has 0 radical (unpaired) electrons. The SMILES string of the molecule is Cc1ncn(C)c1-c1cnc2c3ccc([C@](C)(O)C4CC4)c(F)c3n([C@H](c3ccccc3)C3CCOCC3)c2c1. The quantitative estimate of drug-likeness (QED) is 0.262. The lowest BCUT2D eigenvalue weighted by Gasteiger charge is -2.33. The van der Waals surface area contributed by atoms with Crippen molar-refractivity contribution in [2.45, 2.75) is 51.2 Å². The third-order valence-electron chi connectivity index (χ3n) is 9.18. The number of ether oxygens (including phenoxy) is 1. The van der Waals surface area contributed by atoms with Crippen molar-refractivity contribution in [1.29, 1.82) is 0 Å². The zero-order valence-corrected chi connectivity index (χ0v) is 23.3. The van der Waals surface area contributed by atoms with Crippen LogP contribution in [0.1, 0.15) is 55.5 Å². The minimum Gasteiger partial charge on any atom is -0.385 e. The molecule has 1 aliphatic heterocycles. The lowest BCUT2D eigenvalue weighted by Crippen LogP contribution is -2.28. The van der Waals surface area contributed by atoms with Crippen molar-refractivity contribution >= 4 is 21.9 Å². The van der Waals surface area contributed by atoms with Crippen molar-refractivity contribution in [2.75, 3.05) is 13.2 Å². The van der Waals surface area contributed by atoms with E-state index in [9.17, 15) is 5.11 Å². The fraction of sp³-hybridized carbons (Fsp3) is 0.394. The highest BCUT2D eigenvalue weighted by Gasteiger charge is 2.43. The van der Waals surface area contributed by atoms with Crippen molar-refractivity contribution in [3.8, 4) is 11.3 Å². The zero-order valence-electron chi connectivity index (χ0n) is 23.3. The van der Waals surface area contributed by atoms with Crippen LogP contribution in [0.4, 0.5) is 4.39 Å². The van der Waals surface area contributed by atoms with Gasteiger partial charge in [0.1, 0.15) is 0 Å². The van der Waals surface area contributed by atoms with Crippen LogP contribution < -0.4 is 0 Å². The van der Waals surface area contributed by atoms with Gasteiger partial charge in [0, 0.05) is 43.0 Å². The summed E-state index contributed by atoms with van der Waals surface area (Å²) in [7, 11) is 1.98. The number of imidazole rings is 1. The molecule has 206 valence electrons. The standard InChI is InChI=1S/C33H35FN4O2/c1-20-30(37(3)19-36-20)23-17-27-29(35-18-23)25-11-12-26(33(2,39)24-9-10-24)28(34)32(25)38(27)31(21-7-5-4-6-8-21)22-13-15-40-16-14-22/h4-8,11-12,17-19,22,24,31,39H,9-10,13-16H2,1-3H3/t31-,33-/m1/s1. The van der Waals surface area contributed by atoms with Crippen LogP contribution in [0.15, 0.2) is 61.1 Å². The molecule has 2 fully saturated rings. The fourth-order valence-electron chi connectivity index (χ4n) is 6.90. The van der Waals surface area contributed by atoms with E-state index in [2.05, 4.69) is 39.9 Å². The predicted molar refractivity (Wildman–Crippen MR) is 155 cm³/mol. The molecule has 1 saturated carbocycles. The van der Waals surface area contributed by atoms with Gasteiger partial charge in [-0.1, -0.05) is 42.5 Å². The molecule has 2 aromatic carbocycles. The molecule has 2 atom stereocenters. The van der Waals surface area contributed by atoms with Gasteiger partial charge in [0.15, 0.2) is 5.82 Å². The van der Waals surface area contributed by atoms with Crippen LogP contribution in [0.5, 0.6) is 0 Å². The molecule has 4 heterocycles. The molecule has 6 nitrogen and oxygen atoms in total. The first-order chi connectivity index (χ1) is 19.4. The third-order valence-corrected chi connectivity index (χ3v) is 9.18. The molecule has 1 aliphatic carbocycles. The van der Waals surface area contributed by atoms with E-state index >= 15 is 4.39 Å². The third kappa shape index (κ3) is 3.98. The first kappa shape index (κ1) is 25.4. The number of benzene rings is 2. The summed E-state index contributed by atoms with van der Waals surface area (Å²) in [6, 6.07) is 16.2. The summed E-state index contributed by atoms with van der Waals surface area (Å²) in [5.41, 5.74) is 5.31. The van der Waals surface area contributed by atoms with Crippen LogP contribution in [-0.4, -0.2) is 37.4 Å². The number of fused-ring (bicyclic) bond motifs is 3. The Bertz CT molecular complexity index is 1690. The smallest absolute Gasteiger partial charge is 0.153 e. The second kappa shape index (κ2) is 9.53. The van der Waals surface area contributed by atoms with Crippen LogP contribution in [0.3, 0.4) is 0 Å². The second-order valence-electron chi connectivity index (χ2n) is 11.8. The summed E-state index contributed by atoms with van der Waals surface area (Å²) < 4.78 is 26.9. The van der Waals surface area contributed by atoms with E-state index in [0.29, 0.717) is 24.3 Å². The predicted octanol–water partition coefficient (Wildman–Crippen LogP) is 6.67. The maximum Gasteiger partial charge on any atom is 0.153 e. The van der Waals surface area contributed by atoms with E-state index in [1.165, 1.54) is 0 Å². The van der Waals surface area contributed by atoms with Crippen molar-refractivity contribution in [3.05, 3.63) is 83.7 Å². The molecule has 3 aromatic heterocycles. The van der Waals surface area contributed by atoms with Gasteiger partial charge in [-0.2, -0.15) is 0 Å².